The quantitative estimate of drug-likeness (QED) is 0.908. The maximum Gasteiger partial charge on any atom is 0.326 e. The molecule has 2 amide bonds. The maximum atomic E-state index is 13.0. The van der Waals surface area contributed by atoms with E-state index in [-0.39, 0.29) is 0 Å². The summed E-state index contributed by atoms with van der Waals surface area (Å²) in [6, 6.07) is 13.9. The molecule has 0 fully saturated rings. The number of nitrogens with zero attached hydrogens (tertiary/aromatic N) is 2. The Labute approximate surface area is 116 Å². The van der Waals surface area contributed by atoms with E-state index >= 15 is 0 Å². The van der Waals surface area contributed by atoms with Crippen LogP contribution in [0.15, 0.2) is 48.5 Å². The Balaban J connectivity index is 2.14. The normalized spacial score (nSPS) is 9.65. The third-order valence-electron chi connectivity index (χ3n) is 2.74. The van der Waals surface area contributed by atoms with Crippen LogP contribution in [-0.2, 0) is 0 Å². The van der Waals surface area contributed by atoms with Crippen molar-refractivity contribution in [3.8, 4) is 6.07 Å². The maximum absolute atomic E-state index is 13.0. The van der Waals surface area contributed by atoms with E-state index in [1.54, 1.807) is 37.4 Å². The highest BCUT2D eigenvalue weighted by molar-refractivity contribution is 6.01. The van der Waals surface area contributed by atoms with E-state index < -0.39 is 11.8 Å². The summed E-state index contributed by atoms with van der Waals surface area (Å²) in [6.45, 7) is 0. The Hall–Kier alpha value is -2.87. The molecule has 0 aliphatic carbocycles. The predicted octanol–water partition coefficient (Wildman–Crippen LogP) is 3.37. The number of halogens is 1. The Kier molecular flexibility index (Phi) is 3.96. The van der Waals surface area contributed by atoms with E-state index in [4.69, 9.17) is 5.26 Å². The van der Waals surface area contributed by atoms with Gasteiger partial charge in [0.25, 0.3) is 0 Å². The van der Waals surface area contributed by atoms with E-state index in [0.717, 1.165) is 0 Å². The summed E-state index contributed by atoms with van der Waals surface area (Å²) in [5.74, 6) is -0.420. The molecule has 0 unspecified atom stereocenters. The number of hydrogen-bond acceptors (Lipinski definition) is 2. The number of anilines is 2. The van der Waals surface area contributed by atoms with E-state index in [1.165, 1.54) is 23.1 Å². The summed E-state index contributed by atoms with van der Waals surface area (Å²) < 4.78 is 13.0. The van der Waals surface area contributed by atoms with Crippen LogP contribution < -0.4 is 10.2 Å². The molecule has 0 atom stereocenters. The van der Waals surface area contributed by atoms with E-state index in [0.29, 0.717) is 16.9 Å². The topological polar surface area (TPSA) is 56.1 Å². The lowest BCUT2D eigenvalue weighted by Crippen LogP contribution is -2.31. The first-order valence-corrected chi connectivity index (χ1v) is 5.90. The lowest BCUT2D eigenvalue weighted by atomic mass is 10.2. The number of nitriles is 1. The molecule has 100 valence electrons. The van der Waals surface area contributed by atoms with Gasteiger partial charge in [-0.2, -0.15) is 5.26 Å². The van der Waals surface area contributed by atoms with E-state index in [9.17, 15) is 9.18 Å². The second-order valence-corrected chi connectivity index (χ2v) is 4.16. The van der Waals surface area contributed by atoms with Crippen molar-refractivity contribution < 1.29 is 9.18 Å². The first-order valence-electron chi connectivity index (χ1n) is 5.90. The highest BCUT2D eigenvalue weighted by atomic mass is 19.1. The van der Waals surface area contributed by atoms with Crippen molar-refractivity contribution >= 4 is 17.4 Å². The van der Waals surface area contributed by atoms with Crippen LogP contribution in [-0.4, -0.2) is 13.1 Å². The molecular weight excluding hydrogens is 257 g/mol. The monoisotopic (exact) mass is 269 g/mol. The molecule has 20 heavy (non-hydrogen) atoms. The highest BCUT2D eigenvalue weighted by Gasteiger charge is 2.11. The third-order valence-corrected chi connectivity index (χ3v) is 2.74. The van der Waals surface area contributed by atoms with Crippen LogP contribution in [0, 0.1) is 17.1 Å². The van der Waals surface area contributed by atoms with Gasteiger partial charge in [-0.3, -0.25) is 4.90 Å². The second-order valence-electron chi connectivity index (χ2n) is 4.16. The summed E-state index contributed by atoms with van der Waals surface area (Å²) in [7, 11) is 1.57. The zero-order chi connectivity index (χ0) is 14.5. The average Bonchev–Trinajstić information content (AvgIpc) is 2.46. The van der Waals surface area contributed by atoms with Crippen LogP contribution in [0.1, 0.15) is 5.56 Å². The van der Waals surface area contributed by atoms with Gasteiger partial charge in [0.2, 0.25) is 0 Å². The minimum atomic E-state index is -0.420. The lowest BCUT2D eigenvalue weighted by molar-refractivity contribution is 0.258. The van der Waals surface area contributed by atoms with Gasteiger partial charge in [-0.05, 0) is 36.4 Å². The first kappa shape index (κ1) is 13.6. The standard InChI is InChI=1S/C15H12FN3O/c1-19(14-7-2-4-11(8-14)10-17)15(20)18-13-6-3-5-12(16)9-13/h2-9H,1H3,(H,18,20). The number of carbonyl (C=O) groups is 1. The highest BCUT2D eigenvalue weighted by Crippen LogP contribution is 2.16. The molecule has 0 heterocycles. The minimum Gasteiger partial charge on any atom is -0.307 e. The number of amides is 2. The average molecular weight is 269 g/mol. The summed E-state index contributed by atoms with van der Waals surface area (Å²) in [4.78, 5) is 13.4. The molecule has 2 aromatic rings. The molecule has 0 aliphatic rings. The molecule has 1 N–H and O–H groups in total. The number of nitrogens with one attached hydrogen (secondary N) is 1. The van der Waals surface area contributed by atoms with E-state index in [2.05, 4.69) is 5.32 Å². The second kappa shape index (κ2) is 5.85. The number of urea groups is 1. The van der Waals surface area contributed by atoms with Gasteiger partial charge in [0, 0.05) is 18.4 Å². The molecule has 0 aliphatic heterocycles. The van der Waals surface area contributed by atoms with Gasteiger partial charge in [-0.15, -0.1) is 0 Å². The van der Waals surface area contributed by atoms with Gasteiger partial charge >= 0.3 is 6.03 Å². The van der Waals surface area contributed by atoms with E-state index in [1.807, 2.05) is 6.07 Å². The fourth-order valence-corrected chi connectivity index (χ4v) is 1.67. The largest absolute Gasteiger partial charge is 0.326 e. The van der Waals surface area contributed by atoms with Gasteiger partial charge < -0.3 is 5.32 Å². The number of hydrogen-bond donors (Lipinski definition) is 1. The van der Waals surface area contributed by atoms with Crippen LogP contribution in [0.5, 0.6) is 0 Å². The molecule has 0 radical (unpaired) electrons. The van der Waals surface area contributed by atoms with Crippen LogP contribution in [0.4, 0.5) is 20.6 Å². The van der Waals surface area contributed by atoms with Crippen molar-refractivity contribution in [1.29, 1.82) is 5.26 Å². The molecule has 2 aromatic carbocycles. The molecule has 0 spiro atoms. The zero-order valence-corrected chi connectivity index (χ0v) is 10.8. The van der Waals surface area contributed by atoms with Crippen molar-refractivity contribution in [2.45, 2.75) is 0 Å². The van der Waals surface area contributed by atoms with Gasteiger partial charge in [0.1, 0.15) is 5.82 Å². The summed E-state index contributed by atoms with van der Waals surface area (Å²) in [5, 5.41) is 11.4. The SMILES string of the molecule is CN(C(=O)Nc1cccc(F)c1)c1cccc(C#N)c1. The number of benzene rings is 2. The third kappa shape index (κ3) is 3.12. The van der Waals surface area contributed by atoms with Gasteiger partial charge in [-0.25, -0.2) is 9.18 Å². The van der Waals surface area contributed by atoms with Crippen LogP contribution >= 0.6 is 0 Å². The first-order chi connectivity index (χ1) is 9.60. The zero-order valence-electron chi connectivity index (χ0n) is 10.8. The smallest absolute Gasteiger partial charge is 0.307 e. The predicted molar refractivity (Wildman–Crippen MR) is 75.0 cm³/mol. The fourth-order valence-electron chi connectivity index (χ4n) is 1.67. The van der Waals surface area contributed by atoms with Gasteiger partial charge in [0.15, 0.2) is 0 Å². The molecule has 0 aromatic heterocycles. The molecular formula is C15H12FN3O. The Morgan fingerprint density at radius 1 is 1.25 bits per heavy atom. The molecule has 5 heteroatoms. The Bertz CT molecular complexity index is 679. The fraction of sp³-hybridized carbons (Fsp3) is 0.0667. The summed E-state index contributed by atoms with van der Waals surface area (Å²) in [6.07, 6.45) is 0. The Morgan fingerprint density at radius 3 is 2.70 bits per heavy atom. The molecule has 4 nitrogen and oxygen atoms in total. The van der Waals surface area contributed by atoms with Gasteiger partial charge in [0.05, 0.1) is 11.6 Å². The summed E-state index contributed by atoms with van der Waals surface area (Å²) >= 11 is 0. The number of carbonyl (C=O) groups excluding carboxylic acids is 1. The van der Waals surface area contributed by atoms with Crippen LogP contribution in [0.2, 0.25) is 0 Å². The molecule has 0 bridgehead atoms. The lowest BCUT2D eigenvalue weighted by Gasteiger charge is -2.18. The van der Waals surface area contributed by atoms with Crippen molar-refractivity contribution in [1.82, 2.24) is 0 Å². The van der Waals surface area contributed by atoms with Crippen molar-refractivity contribution in [2.24, 2.45) is 0 Å². The van der Waals surface area contributed by atoms with Crippen molar-refractivity contribution in [3.05, 3.63) is 59.9 Å². The number of rotatable bonds is 2. The van der Waals surface area contributed by atoms with Crippen LogP contribution in [0.3, 0.4) is 0 Å². The molecule has 2 rings (SSSR count). The minimum absolute atomic E-state index is 0.373. The van der Waals surface area contributed by atoms with Crippen molar-refractivity contribution in [2.75, 3.05) is 17.3 Å². The van der Waals surface area contributed by atoms with Crippen molar-refractivity contribution in [3.63, 3.8) is 0 Å². The van der Waals surface area contributed by atoms with Crippen LogP contribution in [0.25, 0.3) is 0 Å². The molecule has 0 saturated carbocycles. The Morgan fingerprint density at radius 2 is 2.00 bits per heavy atom. The summed E-state index contributed by atoms with van der Waals surface area (Å²) in [5.41, 5.74) is 1.42. The van der Waals surface area contributed by atoms with Gasteiger partial charge in [-0.1, -0.05) is 12.1 Å². The molecule has 0 saturated heterocycles.